The number of rotatable bonds is 6. The molecule has 2 aliphatic rings. The molecule has 0 saturated heterocycles. The van der Waals surface area contributed by atoms with E-state index in [2.05, 4.69) is 0 Å². The molecule has 0 fully saturated rings. The number of carbonyl (C=O) groups excluding carboxylic acids is 4. The first-order valence-electron chi connectivity index (χ1n) is 12.3. The Kier molecular flexibility index (Phi) is 6.48. The number of hydrogen-bond acceptors (Lipinski definition) is 7. The molecular weight excluding hydrogens is 603 g/mol. The van der Waals surface area contributed by atoms with Crippen LogP contribution in [-0.4, -0.2) is 45.8 Å². The molecule has 0 aromatic heterocycles. The molecule has 4 aromatic carbocycles. The lowest BCUT2D eigenvalue weighted by molar-refractivity contribution is 0.0686. The lowest BCUT2D eigenvalue weighted by Gasteiger charge is -2.14. The first-order chi connectivity index (χ1) is 20.5. The normalized spacial score (nSPS) is 13.8. The zero-order valence-electron chi connectivity index (χ0n) is 21.3. The van der Waals surface area contributed by atoms with Crippen molar-refractivity contribution in [1.29, 1.82) is 0 Å². The van der Waals surface area contributed by atoms with E-state index in [-0.39, 0.29) is 66.3 Å². The molecule has 13 heteroatoms. The Hall–Kier alpha value is -5.52. The lowest BCUT2D eigenvalue weighted by Crippen LogP contribution is -2.29. The minimum absolute atomic E-state index is 0.00453. The summed E-state index contributed by atoms with van der Waals surface area (Å²) < 4.78 is 5.86. The molecule has 0 aliphatic carbocycles. The molecular formula is C30H14Cl2N2O9. The van der Waals surface area contributed by atoms with Crippen LogP contribution in [0.1, 0.15) is 62.1 Å². The Labute approximate surface area is 251 Å². The topological polar surface area (TPSA) is 159 Å². The highest BCUT2D eigenvalue weighted by atomic mass is 35.5. The van der Waals surface area contributed by atoms with E-state index in [0.29, 0.717) is 0 Å². The van der Waals surface area contributed by atoms with Crippen molar-refractivity contribution >= 4 is 70.1 Å². The highest BCUT2D eigenvalue weighted by Crippen LogP contribution is 2.36. The number of carbonyl (C=O) groups is 6. The van der Waals surface area contributed by atoms with Crippen LogP contribution < -0.4 is 14.5 Å². The summed E-state index contributed by atoms with van der Waals surface area (Å²) in [6, 6.07) is 15.8. The molecule has 2 heterocycles. The fourth-order valence-corrected chi connectivity index (χ4v) is 5.20. The number of imide groups is 2. The quantitative estimate of drug-likeness (QED) is 0.256. The van der Waals surface area contributed by atoms with Gasteiger partial charge >= 0.3 is 11.9 Å². The molecule has 0 spiro atoms. The summed E-state index contributed by atoms with van der Waals surface area (Å²) in [7, 11) is 0. The summed E-state index contributed by atoms with van der Waals surface area (Å²) >= 11 is 11.8. The van der Waals surface area contributed by atoms with Crippen LogP contribution in [0.4, 0.5) is 11.4 Å². The number of benzene rings is 4. The number of amides is 4. The predicted molar refractivity (Wildman–Crippen MR) is 152 cm³/mol. The van der Waals surface area contributed by atoms with Crippen LogP contribution in [0.15, 0.2) is 72.8 Å². The molecule has 0 unspecified atom stereocenters. The average Bonchev–Trinajstić information content (AvgIpc) is 3.37. The number of aromatic carboxylic acids is 2. The number of ether oxygens (including phenoxy) is 1. The minimum Gasteiger partial charge on any atom is -0.478 e. The van der Waals surface area contributed by atoms with Crippen molar-refractivity contribution in [2.45, 2.75) is 0 Å². The van der Waals surface area contributed by atoms with Gasteiger partial charge in [0, 0.05) is 0 Å². The zero-order valence-corrected chi connectivity index (χ0v) is 22.8. The molecule has 0 atom stereocenters. The molecule has 4 amide bonds. The molecule has 4 aromatic rings. The van der Waals surface area contributed by atoms with Gasteiger partial charge in [-0.2, -0.15) is 0 Å². The van der Waals surface area contributed by atoms with Crippen LogP contribution >= 0.6 is 23.2 Å². The van der Waals surface area contributed by atoms with Gasteiger partial charge in [-0.1, -0.05) is 23.2 Å². The Morgan fingerprint density at radius 1 is 0.535 bits per heavy atom. The molecule has 11 nitrogen and oxygen atoms in total. The van der Waals surface area contributed by atoms with Crippen molar-refractivity contribution in [2.75, 3.05) is 9.80 Å². The predicted octanol–water partition coefficient (Wildman–Crippen LogP) is 5.78. The molecule has 2 N–H and O–H groups in total. The van der Waals surface area contributed by atoms with Gasteiger partial charge in [0.05, 0.1) is 54.8 Å². The van der Waals surface area contributed by atoms with Gasteiger partial charge in [0.1, 0.15) is 11.5 Å². The molecule has 0 bridgehead atoms. The van der Waals surface area contributed by atoms with E-state index in [4.69, 9.17) is 27.9 Å². The minimum atomic E-state index is -1.32. The van der Waals surface area contributed by atoms with Crippen molar-refractivity contribution in [3.63, 3.8) is 0 Å². The van der Waals surface area contributed by atoms with Crippen molar-refractivity contribution < 1.29 is 43.7 Å². The number of nitrogens with zero attached hydrogens (tertiary/aromatic N) is 2. The SMILES string of the molecule is O=C(O)c1cc(N2C(=O)c3ccc(Oc4ccc5c(c4)C(=O)N(c4ccc(Cl)c(C(=O)O)c4)C5=O)cc3C2=O)ccc1Cl. The van der Waals surface area contributed by atoms with Gasteiger partial charge in [0.25, 0.3) is 23.6 Å². The maximum absolute atomic E-state index is 13.2. The van der Waals surface area contributed by atoms with Crippen molar-refractivity contribution in [1.82, 2.24) is 0 Å². The van der Waals surface area contributed by atoms with Gasteiger partial charge in [-0.15, -0.1) is 0 Å². The van der Waals surface area contributed by atoms with Gasteiger partial charge in [-0.25, -0.2) is 19.4 Å². The lowest BCUT2D eigenvalue weighted by atomic mass is 10.1. The van der Waals surface area contributed by atoms with Gasteiger partial charge in [-0.05, 0) is 72.8 Å². The summed E-state index contributed by atoms with van der Waals surface area (Å²) in [5.41, 5.74) is -0.357. The molecule has 0 saturated carbocycles. The van der Waals surface area contributed by atoms with Crippen molar-refractivity contribution in [2.24, 2.45) is 0 Å². The monoisotopic (exact) mass is 616 g/mol. The highest BCUT2D eigenvalue weighted by Gasteiger charge is 2.39. The summed E-state index contributed by atoms with van der Waals surface area (Å²) in [6.07, 6.45) is 0. The maximum atomic E-state index is 13.2. The second kappa shape index (κ2) is 10.1. The van der Waals surface area contributed by atoms with Crippen LogP contribution in [0.2, 0.25) is 10.0 Å². The largest absolute Gasteiger partial charge is 0.478 e. The Balaban J connectivity index is 1.27. The van der Waals surface area contributed by atoms with E-state index in [1.807, 2.05) is 0 Å². The maximum Gasteiger partial charge on any atom is 0.337 e. The van der Waals surface area contributed by atoms with Crippen LogP contribution in [-0.2, 0) is 0 Å². The number of fused-ring (bicyclic) bond motifs is 2. The number of hydrogen-bond donors (Lipinski definition) is 2. The summed E-state index contributed by atoms with van der Waals surface area (Å²) in [6.45, 7) is 0. The van der Waals surface area contributed by atoms with Crippen LogP contribution in [0, 0.1) is 0 Å². The van der Waals surface area contributed by atoms with Gasteiger partial charge in [-0.3, -0.25) is 19.2 Å². The molecule has 0 radical (unpaired) electrons. The number of carboxylic acids is 2. The average molecular weight is 617 g/mol. The Morgan fingerprint density at radius 3 is 1.28 bits per heavy atom. The van der Waals surface area contributed by atoms with Gasteiger partial charge < -0.3 is 14.9 Å². The second-order valence-corrected chi connectivity index (χ2v) is 10.2. The highest BCUT2D eigenvalue weighted by molar-refractivity contribution is 6.37. The summed E-state index contributed by atoms with van der Waals surface area (Å²) in [5, 5.41) is 18.6. The third-order valence-electron chi connectivity index (χ3n) is 6.83. The molecule has 43 heavy (non-hydrogen) atoms. The third-order valence-corrected chi connectivity index (χ3v) is 7.49. The van der Waals surface area contributed by atoms with Crippen LogP contribution in [0.3, 0.4) is 0 Å². The molecule has 212 valence electrons. The smallest absolute Gasteiger partial charge is 0.337 e. The van der Waals surface area contributed by atoms with Gasteiger partial charge in [0.15, 0.2) is 0 Å². The molecule has 2 aliphatic heterocycles. The van der Waals surface area contributed by atoms with E-state index in [9.17, 15) is 39.0 Å². The fraction of sp³-hybridized carbons (Fsp3) is 0. The standard InChI is InChI=1S/C30H14Cl2N2O9/c31-23-7-1-13(9-21(23)29(39)40)33-25(35)17-5-3-15(11-19(17)27(33)37)43-16-4-6-18-20(12-16)28(38)34(26(18)36)14-2-8-24(32)22(10-14)30(41)42/h1-12H,(H,39,40)(H,41,42). The first kappa shape index (κ1) is 27.6. The van der Waals surface area contributed by atoms with E-state index in [1.54, 1.807) is 0 Å². The Bertz CT molecular complexity index is 1850. The van der Waals surface area contributed by atoms with Gasteiger partial charge in [0.2, 0.25) is 0 Å². The Morgan fingerprint density at radius 2 is 0.907 bits per heavy atom. The number of anilines is 2. The van der Waals surface area contributed by atoms with E-state index < -0.39 is 35.6 Å². The number of halogens is 2. The van der Waals surface area contributed by atoms with Crippen LogP contribution in [0.5, 0.6) is 11.5 Å². The van der Waals surface area contributed by atoms with E-state index in [0.717, 1.165) is 21.9 Å². The zero-order chi connectivity index (χ0) is 30.7. The summed E-state index contributed by atoms with van der Waals surface area (Å²) in [5.74, 6) is -5.12. The third kappa shape index (κ3) is 4.47. The fourth-order valence-electron chi connectivity index (χ4n) is 4.80. The van der Waals surface area contributed by atoms with Crippen LogP contribution in [0.25, 0.3) is 0 Å². The van der Waals surface area contributed by atoms with Crippen molar-refractivity contribution in [3.05, 3.63) is 116 Å². The second-order valence-electron chi connectivity index (χ2n) is 9.35. The van der Waals surface area contributed by atoms with Crippen molar-refractivity contribution in [3.8, 4) is 11.5 Å². The molecule has 6 rings (SSSR count). The summed E-state index contributed by atoms with van der Waals surface area (Å²) in [4.78, 5) is 77.1. The number of carboxylic acid groups (broad SMARTS) is 2. The first-order valence-corrected chi connectivity index (χ1v) is 13.0. The van der Waals surface area contributed by atoms with E-state index >= 15 is 0 Å². The van der Waals surface area contributed by atoms with E-state index in [1.165, 1.54) is 60.7 Å².